The molecule has 0 radical (unpaired) electrons. The Labute approximate surface area is 133 Å². The number of nitrogens with one attached hydrogen (secondary N) is 3. The van der Waals surface area contributed by atoms with Crippen molar-refractivity contribution in [1.29, 1.82) is 0 Å². The first-order valence-corrected chi connectivity index (χ1v) is 7.38. The predicted octanol–water partition coefficient (Wildman–Crippen LogP) is 1.94. The third-order valence-electron chi connectivity index (χ3n) is 3.58. The summed E-state index contributed by atoms with van der Waals surface area (Å²) in [6, 6.07) is 21.4. The van der Waals surface area contributed by atoms with Crippen molar-refractivity contribution in [3.63, 3.8) is 0 Å². The van der Waals surface area contributed by atoms with Gasteiger partial charge in [-0.1, -0.05) is 60.7 Å². The van der Waals surface area contributed by atoms with Crippen LogP contribution in [0.15, 0.2) is 76.3 Å². The van der Waals surface area contributed by atoms with Gasteiger partial charge in [-0.3, -0.25) is 9.78 Å². The number of aromatic nitrogens is 2. The van der Waals surface area contributed by atoms with Crippen LogP contribution in [0.25, 0.3) is 0 Å². The van der Waals surface area contributed by atoms with Crippen molar-refractivity contribution in [2.24, 2.45) is 0 Å². The quantitative estimate of drug-likeness (QED) is 0.674. The van der Waals surface area contributed by atoms with E-state index >= 15 is 0 Å². The third kappa shape index (κ3) is 3.84. The van der Waals surface area contributed by atoms with Gasteiger partial charge in [0.15, 0.2) is 0 Å². The Morgan fingerprint density at radius 2 is 1.39 bits per heavy atom. The van der Waals surface area contributed by atoms with Crippen LogP contribution in [-0.2, 0) is 6.54 Å². The molecule has 5 nitrogen and oxygen atoms in total. The average molecular weight is 307 g/mol. The van der Waals surface area contributed by atoms with E-state index in [1.807, 2.05) is 60.7 Å². The highest BCUT2D eigenvalue weighted by molar-refractivity contribution is 5.31. The van der Waals surface area contributed by atoms with Gasteiger partial charge in [-0.15, -0.1) is 0 Å². The Morgan fingerprint density at radius 3 is 1.91 bits per heavy atom. The Bertz CT molecular complexity index is 802. The molecule has 23 heavy (non-hydrogen) atoms. The van der Waals surface area contributed by atoms with Crippen molar-refractivity contribution in [2.45, 2.75) is 12.6 Å². The third-order valence-corrected chi connectivity index (χ3v) is 3.58. The first-order chi connectivity index (χ1) is 11.2. The van der Waals surface area contributed by atoms with Crippen molar-refractivity contribution in [1.82, 2.24) is 15.3 Å². The minimum absolute atomic E-state index is 0.0276. The predicted molar refractivity (Wildman–Crippen MR) is 89.3 cm³/mol. The van der Waals surface area contributed by atoms with Crippen LogP contribution in [0.2, 0.25) is 0 Å². The molecular formula is C18H17N3O2. The van der Waals surface area contributed by atoms with Gasteiger partial charge in [0.25, 0.3) is 5.56 Å². The molecule has 0 aliphatic heterocycles. The molecule has 0 unspecified atom stereocenters. The van der Waals surface area contributed by atoms with Crippen molar-refractivity contribution in [2.75, 3.05) is 0 Å². The molecule has 0 amide bonds. The topological polar surface area (TPSA) is 77.8 Å². The summed E-state index contributed by atoms with van der Waals surface area (Å²) in [5, 5.41) is 3.40. The van der Waals surface area contributed by atoms with E-state index in [0.717, 1.165) is 11.1 Å². The molecule has 2 aromatic carbocycles. The molecule has 0 atom stereocenters. The highest BCUT2D eigenvalue weighted by Crippen LogP contribution is 2.21. The second-order valence-electron chi connectivity index (χ2n) is 5.25. The smallest absolute Gasteiger partial charge is 0.310 e. The normalized spacial score (nSPS) is 10.8. The molecule has 0 saturated carbocycles. The summed E-state index contributed by atoms with van der Waals surface area (Å²) in [7, 11) is 0. The van der Waals surface area contributed by atoms with E-state index in [0.29, 0.717) is 12.2 Å². The summed E-state index contributed by atoms with van der Waals surface area (Å²) in [4.78, 5) is 27.5. The molecule has 0 aliphatic carbocycles. The van der Waals surface area contributed by atoms with Crippen molar-refractivity contribution >= 4 is 0 Å². The monoisotopic (exact) mass is 307 g/mol. The van der Waals surface area contributed by atoms with Crippen LogP contribution in [0.4, 0.5) is 0 Å². The van der Waals surface area contributed by atoms with Gasteiger partial charge < -0.3 is 10.3 Å². The summed E-state index contributed by atoms with van der Waals surface area (Å²) in [6.07, 6.45) is 0. The summed E-state index contributed by atoms with van der Waals surface area (Å²) < 4.78 is 0. The van der Waals surface area contributed by atoms with Gasteiger partial charge in [-0.25, -0.2) is 4.79 Å². The SMILES string of the molecule is O=c1cc(CNC(c2ccccc2)c2ccccc2)[nH]c(=O)[nH]1. The minimum atomic E-state index is -0.495. The minimum Gasteiger partial charge on any atom is -0.310 e. The molecule has 1 heterocycles. The van der Waals surface area contributed by atoms with E-state index in [-0.39, 0.29) is 6.04 Å². The van der Waals surface area contributed by atoms with E-state index in [2.05, 4.69) is 15.3 Å². The van der Waals surface area contributed by atoms with Crippen molar-refractivity contribution < 1.29 is 0 Å². The first-order valence-electron chi connectivity index (χ1n) is 7.38. The Kier molecular flexibility index (Phi) is 4.49. The van der Waals surface area contributed by atoms with E-state index in [1.54, 1.807) is 0 Å². The largest absolute Gasteiger partial charge is 0.325 e. The molecule has 0 fully saturated rings. The van der Waals surface area contributed by atoms with E-state index < -0.39 is 11.2 Å². The number of rotatable bonds is 5. The van der Waals surface area contributed by atoms with Gasteiger partial charge in [0.2, 0.25) is 0 Å². The van der Waals surface area contributed by atoms with Crippen LogP contribution in [0, 0.1) is 0 Å². The van der Waals surface area contributed by atoms with E-state index in [4.69, 9.17) is 0 Å². The van der Waals surface area contributed by atoms with Crippen LogP contribution < -0.4 is 16.6 Å². The lowest BCUT2D eigenvalue weighted by Crippen LogP contribution is -2.28. The number of benzene rings is 2. The molecule has 1 aromatic heterocycles. The Morgan fingerprint density at radius 1 is 0.826 bits per heavy atom. The summed E-state index contributed by atoms with van der Waals surface area (Å²) >= 11 is 0. The maximum absolute atomic E-state index is 11.4. The number of hydrogen-bond donors (Lipinski definition) is 3. The van der Waals surface area contributed by atoms with Gasteiger partial charge in [0.05, 0.1) is 6.04 Å². The lowest BCUT2D eigenvalue weighted by molar-refractivity contribution is 0.594. The average Bonchev–Trinajstić information content (AvgIpc) is 2.56. The first kappa shape index (κ1) is 15.0. The maximum atomic E-state index is 11.4. The van der Waals surface area contributed by atoms with Crippen LogP contribution in [0.5, 0.6) is 0 Å². The fraction of sp³-hybridized carbons (Fsp3) is 0.111. The fourth-order valence-electron chi connectivity index (χ4n) is 2.55. The standard InChI is InChI=1S/C18H17N3O2/c22-16-11-15(20-18(23)21-16)12-19-17(13-7-3-1-4-8-13)14-9-5-2-6-10-14/h1-11,17,19H,12H2,(H2,20,21,22,23). The van der Waals surface area contributed by atoms with Crippen LogP contribution in [0.3, 0.4) is 0 Å². The molecule has 0 spiro atoms. The second-order valence-corrected chi connectivity index (χ2v) is 5.25. The zero-order valence-corrected chi connectivity index (χ0v) is 12.5. The zero-order chi connectivity index (χ0) is 16.1. The van der Waals surface area contributed by atoms with Gasteiger partial charge in [0, 0.05) is 18.3 Å². The summed E-state index contributed by atoms with van der Waals surface area (Å²) in [6.45, 7) is 0.383. The van der Waals surface area contributed by atoms with E-state index in [1.165, 1.54) is 6.07 Å². The van der Waals surface area contributed by atoms with Gasteiger partial charge in [0.1, 0.15) is 0 Å². The molecule has 0 bridgehead atoms. The molecule has 0 aliphatic rings. The Balaban J connectivity index is 1.87. The highest BCUT2D eigenvalue weighted by atomic mass is 16.2. The number of aromatic amines is 2. The second kappa shape index (κ2) is 6.89. The number of H-pyrrole nitrogens is 2. The zero-order valence-electron chi connectivity index (χ0n) is 12.5. The van der Waals surface area contributed by atoms with Crippen molar-refractivity contribution in [3.05, 3.63) is 104 Å². The molecule has 0 saturated heterocycles. The molecule has 116 valence electrons. The molecule has 3 rings (SSSR count). The maximum Gasteiger partial charge on any atom is 0.325 e. The molecule has 3 aromatic rings. The molecule has 3 N–H and O–H groups in total. The van der Waals surface area contributed by atoms with E-state index in [9.17, 15) is 9.59 Å². The lowest BCUT2D eigenvalue weighted by Gasteiger charge is -2.19. The van der Waals surface area contributed by atoms with Gasteiger partial charge >= 0.3 is 5.69 Å². The lowest BCUT2D eigenvalue weighted by atomic mass is 9.99. The number of hydrogen-bond acceptors (Lipinski definition) is 3. The summed E-state index contributed by atoms with van der Waals surface area (Å²) in [5.74, 6) is 0. The van der Waals surface area contributed by atoms with Crippen molar-refractivity contribution in [3.8, 4) is 0 Å². The van der Waals surface area contributed by atoms with Crippen LogP contribution >= 0.6 is 0 Å². The van der Waals surface area contributed by atoms with Crippen LogP contribution in [0.1, 0.15) is 22.9 Å². The highest BCUT2D eigenvalue weighted by Gasteiger charge is 2.13. The van der Waals surface area contributed by atoms with Gasteiger partial charge in [-0.2, -0.15) is 0 Å². The molecular weight excluding hydrogens is 290 g/mol. The summed E-state index contributed by atoms with van der Waals surface area (Å²) in [5.41, 5.74) is 1.89. The van der Waals surface area contributed by atoms with Gasteiger partial charge in [-0.05, 0) is 11.1 Å². The molecule has 5 heteroatoms. The van der Waals surface area contributed by atoms with Crippen LogP contribution in [-0.4, -0.2) is 9.97 Å². The fourth-order valence-corrected chi connectivity index (χ4v) is 2.55. The Hall–Kier alpha value is -2.92.